The van der Waals surface area contributed by atoms with Crippen LogP contribution in [0.1, 0.15) is 29.5 Å². The minimum Gasteiger partial charge on any atom is -0.508 e. The lowest BCUT2D eigenvalue weighted by molar-refractivity contribution is -0.155. The molecule has 2 fully saturated rings. The van der Waals surface area contributed by atoms with Crippen molar-refractivity contribution < 1.29 is 19.3 Å². The Morgan fingerprint density at radius 3 is 2.79 bits per heavy atom. The standard InChI is InChI=1S/C19H19NO4/c1-11-7-12-8-16-17-14(10-22-16)19(23-5-6-24-19)4-3-18(17,20-2)13(12)9-15(11)21/h7,9-10,16-17,21H,3-6,8H2,1H3. The molecule has 1 N–H and O–H groups in total. The van der Waals surface area contributed by atoms with Crippen molar-refractivity contribution in [3.63, 3.8) is 0 Å². The van der Waals surface area contributed by atoms with E-state index in [1.807, 2.05) is 13.0 Å². The van der Waals surface area contributed by atoms with Crippen molar-refractivity contribution in [1.29, 1.82) is 0 Å². The highest BCUT2D eigenvalue weighted by molar-refractivity contribution is 5.52. The van der Waals surface area contributed by atoms with Gasteiger partial charge in [-0.1, -0.05) is 6.07 Å². The number of nitrogens with zero attached hydrogens (tertiary/aromatic N) is 1. The molecule has 124 valence electrons. The lowest BCUT2D eigenvalue weighted by atomic mass is 9.59. The lowest BCUT2D eigenvalue weighted by Crippen LogP contribution is -2.53. The van der Waals surface area contributed by atoms with Gasteiger partial charge in [0.25, 0.3) is 5.54 Å². The quantitative estimate of drug-likeness (QED) is 0.745. The molecular weight excluding hydrogens is 306 g/mol. The molecule has 24 heavy (non-hydrogen) atoms. The third-order valence-corrected chi connectivity index (χ3v) is 6.13. The number of hydrogen-bond donors (Lipinski definition) is 1. The monoisotopic (exact) mass is 325 g/mol. The van der Waals surface area contributed by atoms with E-state index in [4.69, 9.17) is 20.8 Å². The molecule has 0 aromatic heterocycles. The number of aryl methyl sites for hydroxylation is 1. The highest BCUT2D eigenvalue weighted by atomic mass is 16.7. The summed E-state index contributed by atoms with van der Waals surface area (Å²) in [7, 11) is 0. The minimum absolute atomic E-state index is 0.0597. The molecule has 4 aliphatic rings. The molecule has 3 unspecified atom stereocenters. The van der Waals surface area contributed by atoms with E-state index >= 15 is 0 Å². The molecular formula is C19H19NO4. The second-order valence-corrected chi connectivity index (χ2v) is 7.21. The van der Waals surface area contributed by atoms with Gasteiger partial charge in [-0.05, 0) is 24.1 Å². The van der Waals surface area contributed by atoms with Gasteiger partial charge < -0.3 is 24.2 Å². The summed E-state index contributed by atoms with van der Waals surface area (Å²) in [6.45, 7) is 11.1. The highest BCUT2D eigenvalue weighted by Crippen LogP contribution is 2.60. The fourth-order valence-electron chi connectivity index (χ4n) is 5.02. The summed E-state index contributed by atoms with van der Waals surface area (Å²) in [5.41, 5.74) is 3.17. The maximum Gasteiger partial charge on any atom is 0.268 e. The predicted molar refractivity (Wildman–Crippen MR) is 85.1 cm³/mol. The molecule has 1 aromatic rings. The molecule has 5 heteroatoms. The molecule has 0 radical (unpaired) electrons. The molecule has 2 aliphatic carbocycles. The van der Waals surface area contributed by atoms with E-state index < -0.39 is 11.3 Å². The van der Waals surface area contributed by atoms with E-state index in [0.29, 0.717) is 26.1 Å². The summed E-state index contributed by atoms with van der Waals surface area (Å²) in [6, 6.07) is 3.80. The molecule has 2 aliphatic heterocycles. The number of aromatic hydroxyl groups is 1. The Morgan fingerprint density at radius 2 is 2.04 bits per heavy atom. The molecule has 5 nitrogen and oxygen atoms in total. The van der Waals surface area contributed by atoms with Crippen molar-refractivity contribution in [2.75, 3.05) is 13.2 Å². The molecule has 2 heterocycles. The van der Waals surface area contributed by atoms with Crippen LogP contribution in [0.5, 0.6) is 5.75 Å². The Kier molecular flexibility index (Phi) is 2.70. The van der Waals surface area contributed by atoms with Gasteiger partial charge >= 0.3 is 0 Å². The normalized spacial score (nSPS) is 34.9. The largest absolute Gasteiger partial charge is 0.508 e. The topological polar surface area (TPSA) is 52.3 Å². The van der Waals surface area contributed by atoms with Crippen LogP contribution in [0.15, 0.2) is 24.0 Å². The summed E-state index contributed by atoms with van der Waals surface area (Å²) in [6.07, 6.45) is 3.75. The van der Waals surface area contributed by atoms with Gasteiger partial charge in [0, 0.05) is 30.4 Å². The fraction of sp³-hybridized carbons (Fsp3) is 0.526. The molecule has 5 rings (SSSR count). The van der Waals surface area contributed by atoms with Gasteiger partial charge in [-0.2, -0.15) is 0 Å². The summed E-state index contributed by atoms with van der Waals surface area (Å²) in [5.74, 6) is -0.525. The Bertz CT molecular complexity index is 802. The predicted octanol–water partition coefficient (Wildman–Crippen LogP) is 2.81. The molecule has 1 saturated heterocycles. The van der Waals surface area contributed by atoms with Crippen molar-refractivity contribution in [1.82, 2.24) is 0 Å². The number of phenols is 1. The Labute approximate surface area is 140 Å². The van der Waals surface area contributed by atoms with Gasteiger partial charge in [0.2, 0.25) is 0 Å². The van der Waals surface area contributed by atoms with Crippen molar-refractivity contribution >= 4 is 0 Å². The van der Waals surface area contributed by atoms with Gasteiger partial charge in [0.05, 0.1) is 19.5 Å². The molecule has 3 atom stereocenters. The number of rotatable bonds is 0. The number of phenolic OH excluding ortho intramolecular Hbond substituents is 1. The number of hydrogen-bond acceptors (Lipinski definition) is 4. The Balaban J connectivity index is 1.70. The summed E-state index contributed by atoms with van der Waals surface area (Å²) in [5, 5.41) is 10.2. The van der Waals surface area contributed by atoms with E-state index in [2.05, 4.69) is 4.85 Å². The van der Waals surface area contributed by atoms with Crippen LogP contribution < -0.4 is 0 Å². The number of fused-ring (bicyclic) bond motifs is 3. The number of ether oxygens (including phenoxy) is 3. The van der Waals surface area contributed by atoms with Gasteiger partial charge in [-0.15, -0.1) is 0 Å². The summed E-state index contributed by atoms with van der Waals surface area (Å²) >= 11 is 0. The van der Waals surface area contributed by atoms with Crippen molar-refractivity contribution in [2.24, 2.45) is 5.92 Å². The van der Waals surface area contributed by atoms with Crippen LogP contribution in [0.3, 0.4) is 0 Å². The Morgan fingerprint density at radius 1 is 1.25 bits per heavy atom. The van der Waals surface area contributed by atoms with Gasteiger partial charge in [0.1, 0.15) is 17.8 Å². The van der Waals surface area contributed by atoms with Gasteiger partial charge in [0.15, 0.2) is 5.79 Å². The first kappa shape index (κ1) is 14.3. The van der Waals surface area contributed by atoms with Crippen molar-refractivity contribution in [3.8, 4) is 5.75 Å². The average molecular weight is 325 g/mol. The molecule has 1 aromatic carbocycles. The molecule has 1 saturated carbocycles. The second-order valence-electron chi connectivity index (χ2n) is 7.21. The third-order valence-electron chi connectivity index (χ3n) is 6.13. The fourth-order valence-corrected chi connectivity index (χ4v) is 5.02. The first-order valence-electron chi connectivity index (χ1n) is 8.45. The minimum atomic E-state index is -0.710. The zero-order valence-corrected chi connectivity index (χ0v) is 13.5. The summed E-state index contributed by atoms with van der Waals surface area (Å²) < 4.78 is 17.9. The van der Waals surface area contributed by atoms with Gasteiger partial charge in [-0.25, -0.2) is 6.57 Å². The van der Waals surface area contributed by atoms with E-state index in [9.17, 15) is 5.11 Å². The smallest absolute Gasteiger partial charge is 0.268 e. The lowest BCUT2D eigenvalue weighted by Gasteiger charge is -2.46. The first-order valence-corrected chi connectivity index (χ1v) is 8.45. The van der Waals surface area contributed by atoms with Crippen LogP contribution in [0.25, 0.3) is 4.85 Å². The van der Waals surface area contributed by atoms with Crippen LogP contribution >= 0.6 is 0 Å². The Hall–Kier alpha value is -2.03. The third kappa shape index (κ3) is 1.56. The molecule has 0 bridgehead atoms. The van der Waals surface area contributed by atoms with Crippen LogP contribution in [0.4, 0.5) is 0 Å². The maximum atomic E-state index is 10.2. The van der Waals surface area contributed by atoms with E-state index in [-0.39, 0.29) is 17.8 Å². The van der Waals surface area contributed by atoms with Gasteiger partial charge in [-0.3, -0.25) is 0 Å². The zero-order valence-electron chi connectivity index (χ0n) is 13.5. The molecule has 1 spiro atoms. The summed E-state index contributed by atoms with van der Waals surface area (Å²) in [4.78, 5) is 4.12. The number of benzene rings is 1. The van der Waals surface area contributed by atoms with E-state index in [1.54, 1.807) is 12.3 Å². The SMILES string of the molecule is [C-]#[N+]C12CCC3(OCCO3)C3=COC(Cc4cc(C)c(O)cc41)C32. The van der Waals surface area contributed by atoms with Crippen LogP contribution in [-0.4, -0.2) is 30.2 Å². The first-order chi connectivity index (χ1) is 11.6. The zero-order chi connectivity index (χ0) is 16.5. The van der Waals surface area contributed by atoms with Crippen LogP contribution in [-0.2, 0) is 26.2 Å². The average Bonchev–Trinajstić information content (AvgIpc) is 3.21. The molecule has 0 amide bonds. The van der Waals surface area contributed by atoms with Crippen LogP contribution in [0, 0.1) is 19.4 Å². The van der Waals surface area contributed by atoms with E-state index in [0.717, 1.165) is 28.7 Å². The van der Waals surface area contributed by atoms with Crippen LogP contribution in [0.2, 0.25) is 0 Å². The second kappa shape index (κ2) is 4.53. The highest BCUT2D eigenvalue weighted by Gasteiger charge is 2.67. The maximum absolute atomic E-state index is 10.2. The van der Waals surface area contributed by atoms with E-state index in [1.165, 1.54) is 0 Å². The van der Waals surface area contributed by atoms with Crippen molar-refractivity contribution in [2.45, 2.75) is 43.6 Å². The van der Waals surface area contributed by atoms with Crippen molar-refractivity contribution in [3.05, 3.63) is 52.1 Å².